The van der Waals surface area contributed by atoms with Crippen molar-refractivity contribution in [2.75, 3.05) is 5.88 Å². The zero-order valence-electron chi connectivity index (χ0n) is 11.3. The third-order valence-corrected chi connectivity index (χ3v) is 5.67. The predicted octanol–water partition coefficient (Wildman–Crippen LogP) is 4.14. The van der Waals surface area contributed by atoms with Crippen molar-refractivity contribution in [3.05, 3.63) is 65.7 Å². The number of rotatable bonds is 5. The fraction of sp³-hybridized carbons (Fsp3) is 0.250. The molecule has 2 rings (SSSR count). The van der Waals surface area contributed by atoms with Crippen LogP contribution >= 0.6 is 11.6 Å². The van der Waals surface area contributed by atoms with E-state index in [1.807, 2.05) is 49.4 Å². The average molecular weight is 309 g/mol. The zero-order valence-corrected chi connectivity index (χ0v) is 12.9. The molecule has 1 unspecified atom stereocenters. The van der Waals surface area contributed by atoms with E-state index < -0.39 is 15.1 Å². The van der Waals surface area contributed by atoms with Crippen LogP contribution in [-0.2, 0) is 9.84 Å². The third kappa shape index (κ3) is 3.22. The maximum Gasteiger partial charge on any atom is 0.185 e. The topological polar surface area (TPSA) is 34.1 Å². The number of sulfone groups is 1. The van der Waals surface area contributed by atoms with Crippen LogP contribution in [0.1, 0.15) is 22.8 Å². The Hall–Kier alpha value is -1.32. The van der Waals surface area contributed by atoms with Gasteiger partial charge in [0.1, 0.15) is 0 Å². The van der Waals surface area contributed by atoms with Gasteiger partial charge in [-0.1, -0.05) is 48.0 Å². The van der Waals surface area contributed by atoms with E-state index in [0.29, 0.717) is 17.2 Å². The molecule has 0 fully saturated rings. The first-order valence-corrected chi connectivity index (χ1v) is 8.55. The molecule has 0 saturated heterocycles. The second kappa shape index (κ2) is 6.42. The van der Waals surface area contributed by atoms with Gasteiger partial charge in [-0.2, -0.15) is 0 Å². The van der Waals surface area contributed by atoms with Gasteiger partial charge >= 0.3 is 0 Å². The molecule has 2 aromatic rings. The van der Waals surface area contributed by atoms with E-state index >= 15 is 0 Å². The van der Waals surface area contributed by atoms with E-state index in [1.54, 1.807) is 12.1 Å². The van der Waals surface area contributed by atoms with Crippen LogP contribution in [0, 0.1) is 6.92 Å². The minimum atomic E-state index is -3.42. The van der Waals surface area contributed by atoms with Crippen molar-refractivity contribution in [1.29, 1.82) is 0 Å². The monoisotopic (exact) mass is 308 g/mol. The normalized spacial score (nSPS) is 13.1. The summed E-state index contributed by atoms with van der Waals surface area (Å²) >= 11 is 5.80. The van der Waals surface area contributed by atoms with Crippen LogP contribution < -0.4 is 0 Å². The van der Waals surface area contributed by atoms with Crippen molar-refractivity contribution >= 4 is 21.4 Å². The van der Waals surface area contributed by atoms with E-state index in [0.717, 1.165) is 11.1 Å². The third-order valence-electron chi connectivity index (χ3n) is 3.27. The van der Waals surface area contributed by atoms with Gasteiger partial charge < -0.3 is 0 Å². The molecule has 0 spiro atoms. The maximum absolute atomic E-state index is 12.8. The molecule has 0 aliphatic heterocycles. The van der Waals surface area contributed by atoms with Crippen molar-refractivity contribution in [1.82, 2.24) is 0 Å². The van der Waals surface area contributed by atoms with Gasteiger partial charge in [-0.15, -0.1) is 11.6 Å². The maximum atomic E-state index is 12.8. The summed E-state index contributed by atoms with van der Waals surface area (Å²) in [4.78, 5) is 0.349. The summed E-state index contributed by atoms with van der Waals surface area (Å²) in [6, 6.07) is 16.2. The largest absolute Gasteiger partial charge is 0.223 e. The van der Waals surface area contributed by atoms with Gasteiger partial charge in [-0.05, 0) is 31.0 Å². The molecule has 20 heavy (non-hydrogen) atoms. The molecule has 0 amide bonds. The summed E-state index contributed by atoms with van der Waals surface area (Å²) < 4.78 is 25.6. The fourth-order valence-electron chi connectivity index (χ4n) is 2.16. The Kier molecular flexibility index (Phi) is 4.84. The quantitative estimate of drug-likeness (QED) is 0.778. The highest BCUT2D eigenvalue weighted by Gasteiger charge is 2.28. The van der Waals surface area contributed by atoms with Gasteiger partial charge in [0.15, 0.2) is 9.84 Å². The molecule has 0 bridgehead atoms. The molecule has 0 aliphatic carbocycles. The highest BCUT2D eigenvalue weighted by molar-refractivity contribution is 7.91. The van der Waals surface area contributed by atoms with Crippen LogP contribution in [0.5, 0.6) is 0 Å². The lowest BCUT2D eigenvalue weighted by molar-refractivity contribution is 0.579. The van der Waals surface area contributed by atoms with Crippen LogP contribution in [0.3, 0.4) is 0 Å². The summed E-state index contributed by atoms with van der Waals surface area (Å²) in [5, 5.41) is -0.594. The van der Waals surface area contributed by atoms with E-state index in [9.17, 15) is 8.42 Å². The second-order valence-corrected chi connectivity index (χ2v) is 7.24. The molecule has 0 aliphatic rings. The zero-order chi connectivity index (χ0) is 14.6. The number of benzene rings is 2. The van der Waals surface area contributed by atoms with Crippen LogP contribution in [0.4, 0.5) is 0 Å². The molecule has 0 N–H and O–H groups in total. The molecule has 0 radical (unpaired) electrons. The van der Waals surface area contributed by atoms with E-state index in [4.69, 9.17) is 11.6 Å². The van der Waals surface area contributed by atoms with Crippen LogP contribution in [0.15, 0.2) is 59.5 Å². The summed E-state index contributed by atoms with van der Waals surface area (Å²) in [5.74, 6) is 0.310. The first-order valence-electron chi connectivity index (χ1n) is 6.47. The molecule has 0 saturated carbocycles. The lowest BCUT2D eigenvalue weighted by Gasteiger charge is -2.17. The lowest BCUT2D eigenvalue weighted by atomic mass is 10.1. The van der Waals surface area contributed by atoms with Gasteiger partial charge in [0.25, 0.3) is 0 Å². The number of alkyl halides is 1. The number of hydrogen-bond donors (Lipinski definition) is 0. The first-order chi connectivity index (χ1) is 9.55. The molecule has 0 heterocycles. The van der Waals surface area contributed by atoms with Crippen molar-refractivity contribution < 1.29 is 8.42 Å². The SMILES string of the molecule is Cc1ccc(S(=O)(=O)C(CCCl)c2ccccc2)cc1. The molecule has 2 nitrogen and oxygen atoms in total. The summed E-state index contributed by atoms with van der Waals surface area (Å²) in [7, 11) is -3.42. The molecule has 4 heteroatoms. The standard InChI is InChI=1S/C16H17ClO2S/c1-13-7-9-15(10-8-13)20(18,19)16(11-12-17)14-5-3-2-4-6-14/h2-10,16H,11-12H2,1H3. The number of hydrogen-bond acceptors (Lipinski definition) is 2. The van der Waals surface area contributed by atoms with Gasteiger partial charge in [0, 0.05) is 5.88 Å². The Balaban J connectivity index is 2.45. The highest BCUT2D eigenvalue weighted by atomic mass is 35.5. The van der Waals surface area contributed by atoms with E-state index in [2.05, 4.69) is 0 Å². The lowest BCUT2D eigenvalue weighted by Crippen LogP contribution is -2.14. The fourth-order valence-corrected chi connectivity index (χ4v) is 4.30. The van der Waals surface area contributed by atoms with Gasteiger partial charge in [-0.3, -0.25) is 0 Å². The minimum absolute atomic E-state index is 0.310. The Morgan fingerprint density at radius 1 is 1.00 bits per heavy atom. The molecule has 106 valence electrons. The van der Waals surface area contributed by atoms with Crippen LogP contribution in [0.2, 0.25) is 0 Å². The molecule has 0 aromatic heterocycles. The van der Waals surface area contributed by atoms with Crippen molar-refractivity contribution in [2.45, 2.75) is 23.5 Å². The van der Waals surface area contributed by atoms with E-state index in [1.165, 1.54) is 0 Å². The average Bonchev–Trinajstić information content (AvgIpc) is 2.46. The second-order valence-electron chi connectivity index (χ2n) is 4.74. The summed E-state index contributed by atoms with van der Waals surface area (Å²) in [6.45, 7) is 1.93. The molecule has 1 atom stereocenters. The Morgan fingerprint density at radius 3 is 2.15 bits per heavy atom. The van der Waals surface area contributed by atoms with Crippen molar-refractivity contribution in [2.24, 2.45) is 0 Å². The van der Waals surface area contributed by atoms with Crippen molar-refractivity contribution in [3.63, 3.8) is 0 Å². The van der Waals surface area contributed by atoms with Crippen LogP contribution in [-0.4, -0.2) is 14.3 Å². The number of halogens is 1. The predicted molar refractivity (Wildman–Crippen MR) is 82.9 cm³/mol. The van der Waals surface area contributed by atoms with Crippen molar-refractivity contribution in [3.8, 4) is 0 Å². The molecular formula is C16H17ClO2S. The Bertz CT molecular complexity index is 649. The van der Waals surface area contributed by atoms with Gasteiger partial charge in [-0.25, -0.2) is 8.42 Å². The first kappa shape index (κ1) is 15.1. The molecular weight excluding hydrogens is 292 g/mol. The Labute approximate surface area is 125 Å². The summed E-state index contributed by atoms with van der Waals surface area (Å²) in [6.07, 6.45) is 0.405. The highest BCUT2D eigenvalue weighted by Crippen LogP contribution is 2.32. The smallest absolute Gasteiger partial charge is 0.185 e. The van der Waals surface area contributed by atoms with E-state index in [-0.39, 0.29) is 0 Å². The minimum Gasteiger partial charge on any atom is -0.223 e. The van der Waals surface area contributed by atoms with Crippen LogP contribution in [0.25, 0.3) is 0 Å². The Morgan fingerprint density at radius 2 is 1.60 bits per heavy atom. The van der Waals surface area contributed by atoms with Gasteiger partial charge in [0.05, 0.1) is 10.1 Å². The molecule has 2 aromatic carbocycles. The van der Waals surface area contributed by atoms with Gasteiger partial charge in [0.2, 0.25) is 0 Å². The summed E-state index contributed by atoms with van der Waals surface area (Å²) in [5.41, 5.74) is 1.83. The number of aryl methyl sites for hydroxylation is 1.